The van der Waals surface area contributed by atoms with Crippen LogP contribution < -0.4 is 4.74 Å². The first kappa shape index (κ1) is 17.1. The number of rotatable bonds is 2. The summed E-state index contributed by atoms with van der Waals surface area (Å²) in [6.45, 7) is 0. The fourth-order valence-corrected chi connectivity index (χ4v) is 3.50. The minimum Gasteiger partial charge on any atom is -0.501 e. The average molecular weight is 370 g/mol. The van der Waals surface area contributed by atoms with E-state index in [0.29, 0.717) is 22.1 Å². The van der Waals surface area contributed by atoms with Crippen LogP contribution >= 0.6 is 0 Å². The van der Waals surface area contributed by atoms with E-state index in [2.05, 4.69) is 9.95 Å². The molecule has 4 aromatic carbocycles. The van der Waals surface area contributed by atoms with E-state index in [4.69, 9.17) is 4.74 Å². The van der Waals surface area contributed by atoms with Crippen LogP contribution in [0.25, 0.3) is 42.6 Å². The molecule has 0 spiro atoms. The third kappa shape index (κ3) is 2.43. The van der Waals surface area contributed by atoms with Crippen LogP contribution in [0.2, 0.25) is 0 Å². The number of diazo groups is 2. The molecule has 7 nitrogen and oxygen atoms in total. The van der Waals surface area contributed by atoms with Gasteiger partial charge >= 0.3 is 11.4 Å². The Morgan fingerprint density at radius 1 is 0.714 bits per heavy atom. The zero-order valence-electron chi connectivity index (χ0n) is 14.8. The summed E-state index contributed by atoms with van der Waals surface area (Å²) in [4.78, 5) is 6.42. The summed E-state index contributed by atoms with van der Waals surface area (Å²) < 4.78 is 5.25. The van der Waals surface area contributed by atoms with Gasteiger partial charge in [0.15, 0.2) is 9.95 Å². The zero-order chi connectivity index (χ0) is 19.8. The maximum atomic E-state index is 10.4. The van der Waals surface area contributed by atoms with Crippen LogP contribution in [0.15, 0.2) is 54.6 Å². The minimum atomic E-state index is -0.193. The quantitative estimate of drug-likeness (QED) is 0.418. The number of hydrogen-bond acceptors (Lipinski definition) is 5. The Kier molecular flexibility index (Phi) is 3.91. The van der Waals surface area contributed by atoms with Gasteiger partial charge in [0.1, 0.15) is 5.75 Å². The van der Waals surface area contributed by atoms with Gasteiger partial charge in [-0.2, -0.15) is 0 Å². The molecule has 0 unspecified atom stereocenters. The summed E-state index contributed by atoms with van der Waals surface area (Å²) in [5, 5.41) is 41.6. The number of hydrogen-bond donors (Lipinski definition) is 2. The highest BCUT2D eigenvalue weighted by atomic mass is 16.5. The first-order chi connectivity index (χ1) is 13.6. The molecule has 0 radical (unpaired) electrons. The second-order valence-electron chi connectivity index (χ2n) is 6.24. The number of ether oxygens (including phenoxy) is 1. The zero-order valence-corrected chi connectivity index (χ0v) is 14.8. The number of phenols is 2. The van der Waals surface area contributed by atoms with E-state index in [9.17, 15) is 21.0 Å². The normalized spacial score (nSPS) is 10.5. The first-order valence-corrected chi connectivity index (χ1v) is 8.38. The molecule has 7 heteroatoms. The van der Waals surface area contributed by atoms with E-state index in [1.54, 1.807) is 30.3 Å². The second kappa shape index (κ2) is 6.42. The van der Waals surface area contributed by atoms with Gasteiger partial charge < -0.3 is 14.9 Å². The lowest BCUT2D eigenvalue weighted by Gasteiger charge is -2.10. The van der Waals surface area contributed by atoms with Crippen molar-refractivity contribution in [2.75, 3.05) is 7.11 Å². The number of benzene rings is 4. The van der Waals surface area contributed by atoms with Crippen LogP contribution in [0.4, 0.5) is 11.4 Å². The molecule has 4 rings (SSSR count). The lowest BCUT2D eigenvalue weighted by molar-refractivity contribution is 0.415. The average Bonchev–Trinajstić information content (AvgIpc) is 2.72. The third-order valence-electron chi connectivity index (χ3n) is 4.80. The maximum Gasteiger partial charge on any atom is 0.433 e. The fourth-order valence-electron chi connectivity index (χ4n) is 3.50. The van der Waals surface area contributed by atoms with Crippen LogP contribution in [0.1, 0.15) is 0 Å². The Hall–Kier alpha value is -4.36. The number of aromatic hydroxyl groups is 2. The molecule has 0 amide bonds. The summed E-state index contributed by atoms with van der Waals surface area (Å²) in [5.74, 6) is 0.221. The van der Waals surface area contributed by atoms with E-state index in [-0.39, 0.29) is 22.9 Å². The van der Waals surface area contributed by atoms with E-state index in [1.807, 2.05) is 12.1 Å². The molecule has 0 atom stereocenters. The molecule has 0 heterocycles. The van der Waals surface area contributed by atoms with Gasteiger partial charge in [-0.3, -0.25) is 0 Å². The van der Waals surface area contributed by atoms with Crippen molar-refractivity contribution in [1.82, 2.24) is 0 Å². The Labute approximate surface area is 159 Å². The Morgan fingerprint density at radius 2 is 1.39 bits per heavy atom. The molecule has 0 fully saturated rings. The van der Waals surface area contributed by atoms with Gasteiger partial charge in [0, 0.05) is 0 Å². The monoisotopic (exact) mass is 370 g/mol. The molecule has 0 aliphatic carbocycles. The molecule has 0 saturated carbocycles. The topological polar surface area (TPSA) is 106 Å². The summed E-state index contributed by atoms with van der Waals surface area (Å²) in [6, 6.07) is 15.3. The van der Waals surface area contributed by atoms with Crippen LogP contribution in [-0.4, -0.2) is 17.3 Å². The lowest BCUT2D eigenvalue weighted by Crippen LogP contribution is -1.88. The predicted octanol–water partition coefficient (Wildman–Crippen LogP) is 6.05. The van der Waals surface area contributed by atoms with Gasteiger partial charge in [0.2, 0.25) is 22.3 Å². The van der Waals surface area contributed by atoms with Gasteiger partial charge in [-0.15, -0.1) is 0 Å². The van der Waals surface area contributed by atoms with Crippen molar-refractivity contribution in [2.45, 2.75) is 0 Å². The van der Waals surface area contributed by atoms with Crippen LogP contribution in [0, 0.1) is 10.8 Å². The maximum absolute atomic E-state index is 10.4. The van der Waals surface area contributed by atoms with Gasteiger partial charge in [-0.1, -0.05) is 12.1 Å². The van der Waals surface area contributed by atoms with Crippen molar-refractivity contribution in [3.05, 3.63) is 64.5 Å². The number of nitrogens with zero attached hydrogens (tertiary/aromatic N) is 4. The predicted molar refractivity (Wildman–Crippen MR) is 106 cm³/mol. The minimum absolute atomic E-state index is 0.0431. The van der Waals surface area contributed by atoms with Crippen LogP contribution in [-0.2, 0) is 0 Å². The van der Waals surface area contributed by atoms with Crippen molar-refractivity contribution in [1.29, 1.82) is 10.8 Å². The van der Waals surface area contributed by atoms with E-state index in [0.717, 1.165) is 16.3 Å². The Morgan fingerprint density at radius 3 is 2.11 bits per heavy atom. The molecule has 0 saturated heterocycles. The molecule has 4 aromatic rings. The van der Waals surface area contributed by atoms with E-state index >= 15 is 0 Å². The highest BCUT2D eigenvalue weighted by Gasteiger charge is 2.25. The standard InChI is InChI=1S/C21H12N4O3/c1-28-11-5-6-14-16(10-19(27)21(25-23)17(14)9-11)12-3-2-4-15-13(12)7-8-18(26)20(15)24-22/h2-10H,1H3/p+2. The molecule has 2 N–H and O–H groups in total. The van der Waals surface area contributed by atoms with Crippen molar-refractivity contribution < 1.29 is 14.9 Å². The molecule has 0 aliphatic rings. The van der Waals surface area contributed by atoms with Gasteiger partial charge in [-0.25, -0.2) is 0 Å². The van der Waals surface area contributed by atoms with Gasteiger partial charge in [0.25, 0.3) is 0 Å². The fraction of sp³-hybridized carbons (Fsp3) is 0.0476. The largest absolute Gasteiger partial charge is 0.501 e. The first-order valence-electron chi connectivity index (χ1n) is 8.38. The van der Waals surface area contributed by atoms with Gasteiger partial charge in [0.05, 0.1) is 17.9 Å². The van der Waals surface area contributed by atoms with Crippen LogP contribution in [0.5, 0.6) is 17.2 Å². The molecular formula is C21H14N4O3+2. The molecule has 28 heavy (non-hydrogen) atoms. The summed E-state index contributed by atoms with van der Waals surface area (Å²) in [6.07, 6.45) is 0. The SMILES string of the molecule is COc1ccc2c(-c3cccc4c([N+]#N)c(O)ccc34)cc(O)c([N+]#N)c2c1. The Bertz CT molecular complexity index is 1350. The van der Waals surface area contributed by atoms with Crippen molar-refractivity contribution >= 4 is 32.9 Å². The summed E-state index contributed by atoms with van der Waals surface area (Å²) >= 11 is 0. The number of methoxy groups -OCH3 is 1. The van der Waals surface area contributed by atoms with Gasteiger partial charge in [-0.05, 0) is 64.4 Å². The number of fused-ring (bicyclic) bond motifs is 2. The molecule has 0 aromatic heterocycles. The van der Waals surface area contributed by atoms with E-state index < -0.39 is 0 Å². The molecule has 0 bridgehead atoms. The summed E-state index contributed by atoms with van der Waals surface area (Å²) in [5.41, 5.74) is 1.54. The van der Waals surface area contributed by atoms with E-state index in [1.165, 1.54) is 19.2 Å². The second-order valence-corrected chi connectivity index (χ2v) is 6.24. The van der Waals surface area contributed by atoms with Crippen molar-refractivity contribution in [3.8, 4) is 28.4 Å². The molecule has 0 aliphatic heterocycles. The highest BCUT2D eigenvalue weighted by molar-refractivity contribution is 6.13. The Balaban J connectivity index is 2.14. The third-order valence-corrected chi connectivity index (χ3v) is 4.80. The van der Waals surface area contributed by atoms with Crippen LogP contribution in [0.3, 0.4) is 0 Å². The number of phenolic OH excluding ortho intramolecular Hbond substituents is 2. The van der Waals surface area contributed by atoms with Crippen molar-refractivity contribution in [3.63, 3.8) is 0 Å². The molecule has 134 valence electrons. The highest BCUT2D eigenvalue weighted by Crippen LogP contribution is 2.46. The lowest BCUT2D eigenvalue weighted by atomic mass is 9.92. The van der Waals surface area contributed by atoms with Crippen molar-refractivity contribution in [2.24, 2.45) is 0 Å². The smallest absolute Gasteiger partial charge is 0.433 e. The molecular weight excluding hydrogens is 356 g/mol. The summed E-state index contributed by atoms with van der Waals surface area (Å²) in [7, 11) is 1.53.